The van der Waals surface area contributed by atoms with Gasteiger partial charge in [-0.15, -0.1) is 0 Å². The number of carbonyl (C=O) groups excluding carboxylic acids is 1. The number of amides is 1. The summed E-state index contributed by atoms with van der Waals surface area (Å²) < 4.78 is 0. The van der Waals surface area contributed by atoms with Crippen LogP contribution in [0.1, 0.15) is 21.5 Å². The zero-order chi connectivity index (χ0) is 14.0. The van der Waals surface area contributed by atoms with E-state index in [0.29, 0.717) is 22.0 Å². The third-order valence-corrected chi connectivity index (χ3v) is 2.98. The third kappa shape index (κ3) is 3.26. The first-order valence-electron chi connectivity index (χ1n) is 5.90. The number of nitrogens with one attached hydrogen (secondary N) is 1. The highest BCUT2D eigenvalue weighted by Gasteiger charge is 2.09. The largest absolute Gasteiger partial charge is 0.397 e. The van der Waals surface area contributed by atoms with E-state index in [2.05, 4.69) is 5.32 Å². The molecule has 3 N–H and O–H groups in total. The Balaban J connectivity index is 2.25. The molecule has 0 saturated carbocycles. The summed E-state index contributed by atoms with van der Waals surface area (Å²) in [5.41, 5.74) is 9.54. The van der Waals surface area contributed by atoms with Gasteiger partial charge in [-0.2, -0.15) is 0 Å². The van der Waals surface area contributed by atoms with Gasteiger partial charge in [0.1, 0.15) is 0 Å². The predicted octanol–water partition coefficient (Wildman–Crippen LogP) is 3.79. The second-order valence-electron chi connectivity index (χ2n) is 4.56. The van der Waals surface area contributed by atoms with Crippen LogP contribution in [0.4, 0.5) is 11.4 Å². The van der Waals surface area contributed by atoms with E-state index in [-0.39, 0.29) is 5.91 Å². The zero-order valence-electron chi connectivity index (χ0n) is 10.8. The number of hydrogen-bond acceptors (Lipinski definition) is 2. The van der Waals surface area contributed by atoms with Gasteiger partial charge in [-0.05, 0) is 44.2 Å². The standard InChI is InChI=1S/C15H15ClN2O/c1-9-5-10(2)7-11(6-9)15(19)18-14-4-3-12(16)8-13(14)17/h3-8H,17H2,1-2H3,(H,18,19). The molecule has 1 amide bonds. The Morgan fingerprint density at radius 1 is 1.11 bits per heavy atom. The SMILES string of the molecule is Cc1cc(C)cc(C(=O)Nc2ccc(Cl)cc2N)c1. The van der Waals surface area contributed by atoms with E-state index in [0.717, 1.165) is 11.1 Å². The minimum absolute atomic E-state index is 0.180. The van der Waals surface area contributed by atoms with Crippen molar-refractivity contribution in [1.82, 2.24) is 0 Å². The maximum absolute atomic E-state index is 12.2. The molecule has 0 bridgehead atoms. The Hall–Kier alpha value is -2.00. The van der Waals surface area contributed by atoms with Crippen LogP contribution in [-0.2, 0) is 0 Å². The Labute approximate surface area is 117 Å². The van der Waals surface area contributed by atoms with Gasteiger partial charge in [0.05, 0.1) is 11.4 Å². The highest BCUT2D eigenvalue weighted by atomic mass is 35.5. The van der Waals surface area contributed by atoms with Gasteiger partial charge in [0.2, 0.25) is 0 Å². The fourth-order valence-corrected chi connectivity index (χ4v) is 2.13. The number of benzene rings is 2. The van der Waals surface area contributed by atoms with Gasteiger partial charge in [-0.25, -0.2) is 0 Å². The molecule has 0 atom stereocenters. The molecule has 2 rings (SSSR count). The van der Waals surface area contributed by atoms with Gasteiger partial charge in [0.15, 0.2) is 0 Å². The number of hydrogen-bond donors (Lipinski definition) is 2. The maximum Gasteiger partial charge on any atom is 0.255 e. The normalized spacial score (nSPS) is 10.3. The predicted molar refractivity (Wildman–Crippen MR) is 79.7 cm³/mol. The second-order valence-corrected chi connectivity index (χ2v) is 5.00. The molecular weight excluding hydrogens is 260 g/mol. The van der Waals surface area contributed by atoms with Gasteiger partial charge in [-0.3, -0.25) is 4.79 Å². The van der Waals surface area contributed by atoms with Crippen molar-refractivity contribution in [2.75, 3.05) is 11.1 Å². The summed E-state index contributed by atoms with van der Waals surface area (Å²) in [5, 5.41) is 3.33. The van der Waals surface area contributed by atoms with Crippen LogP contribution in [0, 0.1) is 13.8 Å². The molecule has 0 saturated heterocycles. The van der Waals surface area contributed by atoms with Crippen LogP contribution in [0.2, 0.25) is 5.02 Å². The second kappa shape index (κ2) is 5.33. The topological polar surface area (TPSA) is 55.1 Å². The number of rotatable bonds is 2. The van der Waals surface area contributed by atoms with Crippen LogP contribution >= 0.6 is 11.6 Å². The van der Waals surface area contributed by atoms with Crippen molar-refractivity contribution in [3.8, 4) is 0 Å². The van der Waals surface area contributed by atoms with E-state index >= 15 is 0 Å². The summed E-state index contributed by atoms with van der Waals surface area (Å²) in [4.78, 5) is 12.2. The molecule has 0 aliphatic rings. The van der Waals surface area contributed by atoms with E-state index in [9.17, 15) is 4.79 Å². The van der Waals surface area contributed by atoms with Crippen LogP contribution in [-0.4, -0.2) is 5.91 Å². The first-order chi connectivity index (χ1) is 8.95. The zero-order valence-corrected chi connectivity index (χ0v) is 11.6. The maximum atomic E-state index is 12.2. The van der Waals surface area contributed by atoms with Crippen LogP contribution < -0.4 is 11.1 Å². The number of nitrogens with two attached hydrogens (primary N) is 1. The molecule has 19 heavy (non-hydrogen) atoms. The fourth-order valence-electron chi connectivity index (χ4n) is 1.95. The van der Waals surface area contributed by atoms with Crippen molar-refractivity contribution in [2.45, 2.75) is 13.8 Å². The summed E-state index contributed by atoms with van der Waals surface area (Å²) in [7, 11) is 0. The average Bonchev–Trinajstić information content (AvgIpc) is 2.31. The van der Waals surface area contributed by atoms with E-state index in [1.807, 2.05) is 32.0 Å². The number of nitrogen functional groups attached to an aromatic ring is 1. The summed E-state index contributed by atoms with van der Waals surface area (Å²) in [6.07, 6.45) is 0. The summed E-state index contributed by atoms with van der Waals surface area (Å²) >= 11 is 5.82. The van der Waals surface area contributed by atoms with Crippen molar-refractivity contribution in [2.24, 2.45) is 0 Å². The molecule has 0 heterocycles. The molecule has 0 aromatic heterocycles. The highest BCUT2D eigenvalue weighted by Crippen LogP contribution is 2.23. The number of halogens is 1. The molecule has 0 aliphatic heterocycles. The van der Waals surface area contributed by atoms with Crippen LogP contribution in [0.25, 0.3) is 0 Å². The Morgan fingerprint density at radius 2 is 1.74 bits per heavy atom. The Kier molecular flexibility index (Phi) is 3.76. The molecule has 0 aliphatic carbocycles. The van der Waals surface area contributed by atoms with Gasteiger partial charge in [0.25, 0.3) is 5.91 Å². The molecule has 0 radical (unpaired) electrons. The molecule has 98 valence electrons. The third-order valence-electron chi connectivity index (χ3n) is 2.75. The Morgan fingerprint density at radius 3 is 2.32 bits per heavy atom. The molecule has 0 unspecified atom stereocenters. The lowest BCUT2D eigenvalue weighted by atomic mass is 10.1. The molecule has 4 heteroatoms. The number of anilines is 2. The lowest BCUT2D eigenvalue weighted by Crippen LogP contribution is -2.13. The quantitative estimate of drug-likeness (QED) is 0.819. The minimum Gasteiger partial charge on any atom is -0.397 e. The molecular formula is C15H15ClN2O. The van der Waals surface area contributed by atoms with E-state index in [1.54, 1.807) is 18.2 Å². The monoisotopic (exact) mass is 274 g/mol. The molecule has 0 fully saturated rings. The lowest BCUT2D eigenvalue weighted by molar-refractivity contribution is 0.102. The molecule has 2 aromatic rings. The lowest BCUT2D eigenvalue weighted by Gasteiger charge is -2.09. The fraction of sp³-hybridized carbons (Fsp3) is 0.133. The van der Waals surface area contributed by atoms with Crippen molar-refractivity contribution >= 4 is 28.9 Å². The number of aryl methyl sites for hydroxylation is 2. The molecule has 0 spiro atoms. The van der Waals surface area contributed by atoms with Crippen molar-refractivity contribution in [3.05, 3.63) is 58.1 Å². The smallest absolute Gasteiger partial charge is 0.255 e. The van der Waals surface area contributed by atoms with Gasteiger partial charge in [-0.1, -0.05) is 28.8 Å². The highest BCUT2D eigenvalue weighted by molar-refractivity contribution is 6.31. The summed E-state index contributed by atoms with van der Waals surface area (Å²) in [6.45, 7) is 3.92. The summed E-state index contributed by atoms with van der Waals surface area (Å²) in [5.74, 6) is -0.180. The van der Waals surface area contributed by atoms with Crippen molar-refractivity contribution in [1.29, 1.82) is 0 Å². The van der Waals surface area contributed by atoms with Crippen LogP contribution in [0.15, 0.2) is 36.4 Å². The molecule has 2 aromatic carbocycles. The first kappa shape index (κ1) is 13.4. The number of carbonyl (C=O) groups is 1. The van der Waals surface area contributed by atoms with Gasteiger partial charge < -0.3 is 11.1 Å². The average molecular weight is 275 g/mol. The van der Waals surface area contributed by atoms with Gasteiger partial charge in [0, 0.05) is 10.6 Å². The van der Waals surface area contributed by atoms with Crippen LogP contribution in [0.3, 0.4) is 0 Å². The molecule has 3 nitrogen and oxygen atoms in total. The Bertz CT molecular complexity index is 618. The van der Waals surface area contributed by atoms with Gasteiger partial charge >= 0.3 is 0 Å². The first-order valence-corrected chi connectivity index (χ1v) is 6.28. The van der Waals surface area contributed by atoms with Crippen LogP contribution in [0.5, 0.6) is 0 Å². The van der Waals surface area contributed by atoms with Crippen molar-refractivity contribution in [3.63, 3.8) is 0 Å². The summed E-state index contributed by atoms with van der Waals surface area (Å²) in [6, 6.07) is 10.7. The van der Waals surface area contributed by atoms with E-state index in [1.165, 1.54) is 0 Å². The van der Waals surface area contributed by atoms with Crippen molar-refractivity contribution < 1.29 is 4.79 Å². The van der Waals surface area contributed by atoms with E-state index < -0.39 is 0 Å². The minimum atomic E-state index is -0.180. The van der Waals surface area contributed by atoms with E-state index in [4.69, 9.17) is 17.3 Å².